The van der Waals surface area contributed by atoms with Gasteiger partial charge in [-0.25, -0.2) is 8.42 Å². The zero-order valence-corrected chi connectivity index (χ0v) is 18.3. The highest BCUT2D eigenvalue weighted by molar-refractivity contribution is 7.90. The van der Waals surface area contributed by atoms with Crippen molar-refractivity contribution in [1.29, 1.82) is 5.26 Å². The molecule has 3 aromatic rings. The summed E-state index contributed by atoms with van der Waals surface area (Å²) in [5, 5.41) is 11.9. The third kappa shape index (κ3) is 6.96. The Kier molecular flexibility index (Phi) is 8.01. The molecule has 3 aromatic carbocycles. The van der Waals surface area contributed by atoms with Gasteiger partial charge in [-0.1, -0.05) is 54.6 Å². The Labute approximate surface area is 188 Å². The van der Waals surface area contributed by atoms with Gasteiger partial charge in [0, 0.05) is 17.7 Å². The van der Waals surface area contributed by atoms with Crippen molar-refractivity contribution in [3.8, 4) is 11.8 Å². The van der Waals surface area contributed by atoms with Crippen molar-refractivity contribution in [2.45, 2.75) is 18.8 Å². The van der Waals surface area contributed by atoms with Crippen LogP contribution in [0, 0.1) is 11.3 Å². The van der Waals surface area contributed by atoms with Gasteiger partial charge in [0.25, 0.3) is 5.91 Å². The Hall–Kier alpha value is -3.63. The van der Waals surface area contributed by atoms with Gasteiger partial charge in [-0.2, -0.15) is 5.26 Å². The van der Waals surface area contributed by atoms with Crippen molar-refractivity contribution in [3.05, 3.63) is 101 Å². The molecule has 0 unspecified atom stereocenters. The second-order valence-electron chi connectivity index (χ2n) is 7.27. The molecule has 0 aliphatic rings. The maximum Gasteiger partial charge on any atom is 0.251 e. The van der Waals surface area contributed by atoms with Crippen LogP contribution < -0.4 is 10.1 Å². The fourth-order valence-electron chi connectivity index (χ4n) is 3.14. The van der Waals surface area contributed by atoms with Crippen LogP contribution in [0.15, 0.2) is 78.9 Å². The van der Waals surface area contributed by atoms with Gasteiger partial charge < -0.3 is 10.1 Å². The molecule has 1 N–H and O–H groups in total. The molecule has 0 spiro atoms. The number of hydrogen-bond acceptors (Lipinski definition) is 5. The van der Waals surface area contributed by atoms with Crippen LogP contribution in [-0.2, 0) is 22.2 Å². The predicted octanol–water partition coefficient (Wildman–Crippen LogP) is 3.87. The van der Waals surface area contributed by atoms with Crippen molar-refractivity contribution in [3.63, 3.8) is 0 Å². The van der Waals surface area contributed by atoms with Crippen molar-refractivity contribution in [2.75, 3.05) is 12.3 Å². The van der Waals surface area contributed by atoms with E-state index in [1.807, 2.05) is 30.3 Å². The number of sulfone groups is 1. The first-order valence-corrected chi connectivity index (χ1v) is 12.0. The summed E-state index contributed by atoms with van der Waals surface area (Å²) in [5.41, 5.74) is 2.49. The number of nitriles is 1. The van der Waals surface area contributed by atoms with Gasteiger partial charge in [-0.15, -0.1) is 0 Å². The van der Waals surface area contributed by atoms with Gasteiger partial charge in [-0.05, 0) is 36.2 Å². The number of benzene rings is 3. The molecule has 32 heavy (non-hydrogen) atoms. The van der Waals surface area contributed by atoms with Gasteiger partial charge in [0.05, 0.1) is 23.1 Å². The van der Waals surface area contributed by atoms with Crippen molar-refractivity contribution < 1.29 is 17.9 Å². The van der Waals surface area contributed by atoms with Gasteiger partial charge in [0.1, 0.15) is 12.4 Å². The maximum absolute atomic E-state index is 12.4. The molecule has 0 saturated carbocycles. The van der Waals surface area contributed by atoms with E-state index in [1.54, 1.807) is 48.5 Å². The Bertz CT molecular complexity index is 1200. The molecule has 0 bridgehead atoms. The van der Waals surface area contributed by atoms with E-state index >= 15 is 0 Å². The predicted molar refractivity (Wildman–Crippen MR) is 123 cm³/mol. The highest BCUT2D eigenvalue weighted by atomic mass is 32.2. The molecular formula is C25H24N2O4S. The Morgan fingerprint density at radius 2 is 1.72 bits per heavy atom. The normalized spacial score (nSPS) is 10.8. The van der Waals surface area contributed by atoms with Crippen LogP contribution in [0.4, 0.5) is 0 Å². The van der Waals surface area contributed by atoms with Crippen LogP contribution in [0.5, 0.6) is 5.75 Å². The summed E-state index contributed by atoms with van der Waals surface area (Å²) < 4.78 is 30.2. The van der Waals surface area contributed by atoms with E-state index in [2.05, 4.69) is 11.4 Å². The summed E-state index contributed by atoms with van der Waals surface area (Å²) in [7, 11) is -3.24. The Morgan fingerprint density at radius 1 is 0.969 bits per heavy atom. The summed E-state index contributed by atoms with van der Waals surface area (Å²) in [6, 6.07) is 25.1. The summed E-state index contributed by atoms with van der Waals surface area (Å²) in [4.78, 5) is 12.4. The number of nitrogens with one attached hydrogen (secondary N) is 1. The zero-order valence-electron chi connectivity index (χ0n) is 17.5. The lowest BCUT2D eigenvalue weighted by Crippen LogP contribution is -2.26. The molecule has 0 aliphatic carbocycles. The first kappa shape index (κ1) is 23.0. The smallest absolute Gasteiger partial charge is 0.251 e. The Morgan fingerprint density at radius 3 is 2.50 bits per heavy atom. The van der Waals surface area contributed by atoms with E-state index < -0.39 is 9.84 Å². The largest absolute Gasteiger partial charge is 0.489 e. The maximum atomic E-state index is 12.4. The highest BCUT2D eigenvalue weighted by Crippen LogP contribution is 2.17. The number of rotatable bonds is 10. The fourth-order valence-corrected chi connectivity index (χ4v) is 4.57. The molecule has 1 amide bonds. The van der Waals surface area contributed by atoms with E-state index in [0.717, 1.165) is 11.1 Å². The number of amides is 1. The lowest BCUT2D eigenvalue weighted by Gasteiger charge is -2.10. The summed E-state index contributed by atoms with van der Waals surface area (Å²) in [6.45, 7) is 0.474. The molecule has 7 heteroatoms. The molecule has 0 saturated heterocycles. The number of nitrogens with zero attached hydrogens (tertiary/aromatic N) is 1. The average molecular weight is 449 g/mol. The summed E-state index contributed by atoms with van der Waals surface area (Å²) in [5.74, 6) is 0.212. The molecule has 164 valence electrons. The first-order chi connectivity index (χ1) is 15.5. The minimum atomic E-state index is -3.24. The quantitative estimate of drug-likeness (QED) is 0.475. The van der Waals surface area contributed by atoms with Gasteiger partial charge in [0.15, 0.2) is 9.84 Å². The third-order valence-electron chi connectivity index (χ3n) is 4.78. The summed E-state index contributed by atoms with van der Waals surface area (Å²) in [6.07, 6.45) is 0.335. The van der Waals surface area contributed by atoms with Gasteiger partial charge in [-0.3, -0.25) is 4.79 Å². The number of carbonyl (C=O) groups excluding carboxylic acids is 1. The standard InChI is InChI=1S/C25H24N2O4S/c26-17-22-10-4-5-11-23(22)18-31-24-13-6-12-21(16-24)25(28)27-14-7-15-32(29,30)19-20-8-2-1-3-9-20/h1-6,8-13,16H,7,14-15,18-19H2,(H,27,28). The monoisotopic (exact) mass is 448 g/mol. The van der Waals surface area contributed by atoms with Crippen LogP contribution in [0.1, 0.15) is 33.5 Å². The third-order valence-corrected chi connectivity index (χ3v) is 6.46. The lowest BCUT2D eigenvalue weighted by atomic mass is 10.1. The van der Waals surface area contributed by atoms with E-state index in [0.29, 0.717) is 23.3 Å². The second kappa shape index (κ2) is 11.1. The number of carbonyl (C=O) groups is 1. The van der Waals surface area contributed by atoms with E-state index in [9.17, 15) is 13.2 Å². The summed E-state index contributed by atoms with van der Waals surface area (Å²) >= 11 is 0. The van der Waals surface area contributed by atoms with Gasteiger partial charge in [0.2, 0.25) is 0 Å². The van der Waals surface area contributed by atoms with Crippen LogP contribution in [0.2, 0.25) is 0 Å². The molecule has 0 heterocycles. The first-order valence-electron chi connectivity index (χ1n) is 10.2. The minimum absolute atomic E-state index is 0.00360. The molecule has 6 nitrogen and oxygen atoms in total. The van der Waals surface area contributed by atoms with E-state index in [-0.39, 0.29) is 30.6 Å². The molecule has 0 aliphatic heterocycles. The number of hydrogen-bond donors (Lipinski definition) is 1. The highest BCUT2D eigenvalue weighted by Gasteiger charge is 2.13. The van der Waals surface area contributed by atoms with Crippen LogP contribution >= 0.6 is 0 Å². The second-order valence-corrected chi connectivity index (χ2v) is 9.46. The van der Waals surface area contributed by atoms with E-state index in [1.165, 1.54) is 0 Å². The van der Waals surface area contributed by atoms with Crippen LogP contribution in [0.25, 0.3) is 0 Å². The average Bonchev–Trinajstić information content (AvgIpc) is 2.81. The fraction of sp³-hybridized carbons (Fsp3) is 0.200. The van der Waals surface area contributed by atoms with Crippen molar-refractivity contribution in [1.82, 2.24) is 5.32 Å². The molecule has 0 aromatic heterocycles. The number of ether oxygens (including phenoxy) is 1. The topological polar surface area (TPSA) is 96.3 Å². The zero-order chi connectivity index (χ0) is 22.8. The SMILES string of the molecule is N#Cc1ccccc1COc1cccc(C(=O)NCCCS(=O)(=O)Cc2ccccc2)c1. The molecule has 3 rings (SSSR count). The van der Waals surface area contributed by atoms with Crippen molar-refractivity contribution in [2.24, 2.45) is 0 Å². The van der Waals surface area contributed by atoms with Crippen molar-refractivity contribution >= 4 is 15.7 Å². The lowest BCUT2D eigenvalue weighted by molar-refractivity contribution is 0.0953. The molecular weight excluding hydrogens is 424 g/mol. The van der Waals surface area contributed by atoms with Gasteiger partial charge >= 0.3 is 0 Å². The van der Waals surface area contributed by atoms with Crippen LogP contribution in [0.3, 0.4) is 0 Å². The molecule has 0 fully saturated rings. The van der Waals surface area contributed by atoms with E-state index in [4.69, 9.17) is 10.00 Å². The Balaban J connectivity index is 1.48. The van der Waals surface area contributed by atoms with Crippen LogP contribution in [-0.4, -0.2) is 26.6 Å². The minimum Gasteiger partial charge on any atom is -0.489 e. The molecule has 0 radical (unpaired) electrons. The molecule has 0 atom stereocenters.